The Bertz CT molecular complexity index is 892. The van der Waals surface area contributed by atoms with Crippen LogP contribution in [-0.4, -0.2) is 6.61 Å². The molecule has 1 fully saturated rings. The summed E-state index contributed by atoms with van der Waals surface area (Å²) in [5.41, 5.74) is 1.91. The van der Waals surface area contributed by atoms with Crippen LogP contribution in [0.4, 0.5) is 0 Å². The van der Waals surface area contributed by atoms with Gasteiger partial charge in [0.15, 0.2) is 0 Å². The van der Waals surface area contributed by atoms with Gasteiger partial charge in [-0.05, 0) is 36.6 Å². The summed E-state index contributed by atoms with van der Waals surface area (Å²) in [5, 5.41) is 0.882. The first-order chi connectivity index (χ1) is 11.8. The van der Waals surface area contributed by atoms with Crippen LogP contribution in [0.3, 0.4) is 0 Å². The molecular weight excluding hydrogens is 304 g/mol. The first kappa shape index (κ1) is 15.0. The summed E-state index contributed by atoms with van der Waals surface area (Å²) in [6, 6.07) is 17.4. The van der Waals surface area contributed by atoms with Crippen LogP contribution in [0.15, 0.2) is 63.8 Å². The van der Waals surface area contributed by atoms with E-state index in [0.29, 0.717) is 30.1 Å². The van der Waals surface area contributed by atoms with Crippen LogP contribution in [0.25, 0.3) is 11.0 Å². The predicted molar refractivity (Wildman–Crippen MR) is 91.2 cm³/mol. The predicted octanol–water partition coefficient (Wildman–Crippen LogP) is 4.22. The normalized spacial score (nSPS) is 17.2. The van der Waals surface area contributed by atoms with E-state index in [0.717, 1.165) is 23.8 Å². The minimum Gasteiger partial charge on any atom is -0.489 e. The van der Waals surface area contributed by atoms with Crippen LogP contribution in [0.2, 0.25) is 0 Å². The van der Waals surface area contributed by atoms with Crippen LogP contribution in [-0.2, 0) is 11.3 Å². The molecule has 122 valence electrons. The van der Waals surface area contributed by atoms with Crippen molar-refractivity contribution in [2.24, 2.45) is 0 Å². The molecule has 3 aromatic rings. The SMILES string of the molecule is O=c1oc2cc(OCc3ccccc3)ccc2cc1C1CCCO1. The van der Waals surface area contributed by atoms with E-state index < -0.39 is 0 Å². The van der Waals surface area contributed by atoms with Crippen molar-refractivity contribution in [2.45, 2.75) is 25.6 Å². The Kier molecular flexibility index (Phi) is 4.05. The molecule has 1 unspecified atom stereocenters. The summed E-state index contributed by atoms with van der Waals surface area (Å²) < 4.78 is 16.9. The summed E-state index contributed by atoms with van der Waals surface area (Å²) >= 11 is 0. The van der Waals surface area contributed by atoms with Gasteiger partial charge in [-0.3, -0.25) is 0 Å². The Balaban J connectivity index is 1.59. The lowest BCUT2D eigenvalue weighted by Gasteiger charge is -2.10. The summed E-state index contributed by atoms with van der Waals surface area (Å²) in [7, 11) is 0. The number of ether oxygens (including phenoxy) is 2. The molecule has 1 aliphatic rings. The fourth-order valence-electron chi connectivity index (χ4n) is 2.99. The molecule has 1 saturated heterocycles. The topological polar surface area (TPSA) is 48.7 Å². The van der Waals surface area contributed by atoms with Gasteiger partial charge in [0.05, 0.1) is 11.7 Å². The van der Waals surface area contributed by atoms with Crippen molar-refractivity contribution in [3.05, 3.63) is 76.1 Å². The quantitative estimate of drug-likeness (QED) is 0.675. The first-order valence-corrected chi connectivity index (χ1v) is 8.16. The first-order valence-electron chi connectivity index (χ1n) is 8.16. The van der Waals surface area contributed by atoms with Crippen LogP contribution >= 0.6 is 0 Å². The Hall–Kier alpha value is -2.59. The lowest BCUT2D eigenvalue weighted by molar-refractivity contribution is 0.109. The molecule has 4 nitrogen and oxygen atoms in total. The Morgan fingerprint density at radius 1 is 1.08 bits per heavy atom. The Morgan fingerprint density at radius 2 is 1.96 bits per heavy atom. The fraction of sp³-hybridized carbons (Fsp3) is 0.250. The summed E-state index contributed by atoms with van der Waals surface area (Å²) in [6.07, 6.45) is 1.71. The third-order valence-electron chi connectivity index (χ3n) is 4.26. The largest absolute Gasteiger partial charge is 0.489 e. The van der Waals surface area contributed by atoms with Gasteiger partial charge in [0.25, 0.3) is 0 Å². The maximum Gasteiger partial charge on any atom is 0.342 e. The van der Waals surface area contributed by atoms with E-state index in [9.17, 15) is 4.79 Å². The van der Waals surface area contributed by atoms with Gasteiger partial charge in [-0.2, -0.15) is 0 Å². The van der Waals surface area contributed by atoms with E-state index in [2.05, 4.69) is 0 Å². The third kappa shape index (κ3) is 3.05. The van der Waals surface area contributed by atoms with Crippen LogP contribution in [0, 0.1) is 0 Å². The smallest absolute Gasteiger partial charge is 0.342 e. The van der Waals surface area contributed by atoms with Crippen molar-refractivity contribution >= 4 is 11.0 Å². The molecule has 1 atom stereocenters. The zero-order valence-electron chi connectivity index (χ0n) is 13.2. The molecule has 1 aliphatic heterocycles. The molecule has 24 heavy (non-hydrogen) atoms. The van der Waals surface area contributed by atoms with Gasteiger partial charge in [-0.1, -0.05) is 30.3 Å². The van der Waals surface area contributed by atoms with Gasteiger partial charge in [0.1, 0.15) is 17.9 Å². The molecule has 4 heteroatoms. The average Bonchev–Trinajstić information content (AvgIpc) is 3.14. The molecule has 4 rings (SSSR count). The van der Waals surface area contributed by atoms with Gasteiger partial charge >= 0.3 is 5.63 Å². The molecule has 0 bridgehead atoms. The van der Waals surface area contributed by atoms with Gasteiger partial charge in [0.2, 0.25) is 0 Å². The van der Waals surface area contributed by atoms with Crippen molar-refractivity contribution in [1.29, 1.82) is 0 Å². The Morgan fingerprint density at radius 3 is 2.75 bits per heavy atom. The fourth-order valence-corrected chi connectivity index (χ4v) is 2.99. The van der Waals surface area contributed by atoms with Crippen LogP contribution in [0.5, 0.6) is 5.75 Å². The van der Waals surface area contributed by atoms with Crippen molar-refractivity contribution in [3.8, 4) is 5.75 Å². The maximum atomic E-state index is 12.2. The number of benzene rings is 2. The minimum absolute atomic E-state index is 0.139. The number of rotatable bonds is 4. The molecule has 0 N–H and O–H groups in total. The van der Waals surface area contributed by atoms with Crippen LogP contribution < -0.4 is 10.4 Å². The van der Waals surface area contributed by atoms with Crippen LogP contribution in [0.1, 0.15) is 30.1 Å². The van der Waals surface area contributed by atoms with E-state index in [4.69, 9.17) is 13.9 Å². The highest BCUT2D eigenvalue weighted by atomic mass is 16.5. The zero-order chi connectivity index (χ0) is 16.4. The summed E-state index contributed by atoms with van der Waals surface area (Å²) in [5.74, 6) is 0.680. The van der Waals surface area contributed by atoms with E-state index in [1.807, 2.05) is 48.5 Å². The van der Waals surface area contributed by atoms with Crippen molar-refractivity contribution in [3.63, 3.8) is 0 Å². The second-order valence-corrected chi connectivity index (χ2v) is 5.96. The average molecular weight is 322 g/mol. The molecule has 2 heterocycles. The van der Waals surface area contributed by atoms with Gasteiger partial charge in [0, 0.05) is 18.1 Å². The zero-order valence-corrected chi connectivity index (χ0v) is 13.2. The second-order valence-electron chi connectivity index (χ2n) is 5.96. The van der Waals surface area contributed by atoms with Crippen molar-refractivity contribution in [2.75, 3.05) is 6.61 Å². The third-order valence-corrected chi connectivity index (χ3v) is 4.26. The van der Waals surface area contributed by atoms with E-state index in [1.165, 1.54) is 0 Å². The van der Waals surface area contributed by atoms with E-state index in [1.54, 1.807) is 6.07 Å². The Labute approximate surface area is 139 Å². The molecule has 0 amide bonds. The lowest BCUT2D eigenvalue weighted by Crippen LogP contribution is -2.11. The van der Waals surface area contributed by atoms with Gasteiger partial charge in [-0.25, -0.2) is 4.79 Å². The van der Waals surface area contributed by atoms with Crippen molar-refractivity contribution in [1.82, 2.24) is 0 Å². The molecule has 2 aromatic carbocycles. The van der Waals surface area contributed by atoms with Crippen molar-refractivity contribution < 1.29 is 13.9 Å². The number of hydrogen-bond acceptors (Lipinski definition) is 4. The molecule has 0 saturated carbocycles. The highest BCUT2D eigenvalue weighted by molar-refractivity contribution is 5.78. The standard InChI is InChI=1S/C20H18O4/c21-20-17(18-7-4-10-22-18)11-15-8-9-16(12-19(15)24-20)23-13-14-5-2-1-3-6-14/h1-3,5-6,8-9,11-12,18H,4,7,10,13H2. The highest BCUT2D eigenvalue weighted by Gasteiger charge is 2.22. The highest BCUT2D eigenvalue weighted by Crippen LogP contribution is 2.29. The molecule has 1 aromatic heterocycles. The molecule has 0 spiro atoms. The molecule has 0 radical (unpaired) electrons. The minimum atomic E-state index is -0.324. The van der Waals surface area contributed by atoms with E-state index in [-0.39, 0.29) is 11.7 Å². The maximum absolute atomic E-state index is 12.2. The van der Waals surface area contributed by atoms with Gasteiger partial charge < -0.3 is 13.9 Å². The molecule has 0 aliphatic carbocycles. The molecular formula is C20H18O4. The number of hydrogen-bond donors (Lipinski definition) is 0. The number of fused-ring (bicyclic) bond motifs is 1. The monoisotopic (exact) mass is 322 g/mol. The summed E-state index contributed by atoms with van der Waals surface area (Å²) in [6.45, 7) is 1.18. The van der Waals surface area contributed by atoms with Gasteiger partial charge in [-0.15, -0.1) is 0 Å². The second kappa shape index (κ2) is 6.49. The lowest BCUT2D eigenvalue weighted by atomic mass is 10.1. The van der Waals surface area contributed by atoms with E-state index >= 15 is 0 Å². The summed E-state index contributed by atoms with van der Waals surface area (Å²) in [4.78, 5) is 12.2.